The molecule has 0 aliphatic heterocycles. The average Bonchev–Trinajstić information content (AvgIpc) is 3.53. The zero-order chi connectivity index (χ0) is 21.8. The molecule has 5 nitrogen and oxygen atoms in total. The molecular formula is C24H21ClN2O3S. The summed E-state index contributed by atoms with van der Waals surface area (Å²) in [5.74, 6) is -0.485. The Morgan fingerprint density at radius 3 is 2.35 bits per heavy atom. The molecule has 0 radical (unpaired) electrons. The second-order valence-corrected chi connectivity index (χ2v) is 10.6. The number of aryl methyl sites for hydroxylation is 1. The van der Waals surface area contributed by atoms with Crippen molar-refractivity contribution in [2.45, 2.75) is 36.0 Å². The Morgan fingerprint density at radius 1 is 1.00 bits per heavy atom. The van der Waals surface area contributed by atoms with Gasteiger partial charge in [0.15, 0.2) is 14.6 Å². The molecule has 0 spiro atoms. The largest absolute Gasteiger partial charge is 0.341 e. The summed E-state index contributed by atoms with van der Waals surface area (Å²) in [4.78, 5) is 13.2. The number of fused-ring (bicyclic) bond motifs is 3. The summed E-state index contributed by atoms with van der Waals surface area (Å²) >= 11 is 5.89. The molecule has 31 heavy (non-hydrogen) atoms. The molecule has 5 rings (SSSR count). The number of aromatic nitrogens is 1. The van der Waals surface area contributed by atoms with E-state index < -0.39 is 20.5 Å². The molecule has 1 saturated carbocycles. The number of nitrogens with zero attached hydrogens (tertiary/aromatic N) is 1. The molecule has 1 fully saturated rings. The van der Waals surface area contributed by atoms with Gasteiger partial charge >= 0.3 is 0 Å². The summed E-state index contributed by atoms with van der Waals surface area (Å²) in [5.41, 5.74) is 2.80. The molecule has 1 amide bonds. The third kappa shape index (κ3) is 3.05. The highest BCUT2D eigenvalue weighted by Gasteiger charge is 2.61. The van der Waals surface area contributed by atoms with Gasteiger partial charge in [0.2, 0.25) is 5.91 Å². The number of benzene rings is 3. The van der Waals surface area contributed by atoms with E-state index in [1.165, 1.54) is 24.3 Å². The maximum Gasteiger partial charge on any atom is 0.246 e. The summed E-state index contributed by atoms with van der Waals surface area (Å²) in [7, 11) is -3.82. The van der Waals surface area contributed by atoms with E-state index in [-0.39, 0.29) is 4.90 Å². The number of halogens is 1. The van der Waals surface area contributed by atoms with E-state index in [2.05, 4.69) is 28.9 Å². The second kappa shape index (κ2) is 7.11. The molecule has 1 aromatic heterocycles. The lowest BCUT2D eigenvalue weighted by Crippen LogP contribution is -2.37. The molecule has 1 aliphatic rings. The van der Waals surface area contributed by atoms with Crippen LogP contribution in [0.25, 0.3) is 21.8 Å². The number of nitrogens with one attached hydrogen (secondary N) is 1. The van der Waals surface area contributed by atoms with Crippen LogP contribution in [0.3, 0.4) is 0 Å². The van der Waals surface area contributed by atoms with Crippen LogP contribution in [-0.4, -0.2) is 23.6 Å². The van der Waals surface area contributed by atoms with Crippen LogP contribution in [0.5, 0.6) is 0 Å². The standard InChI is InChI=1S/C24H21ClN2O3S/c1-2-27-21-6-4-3-5-19(21)20-15-17(9-12-22(20)27)26-23(28)24(13-14-24)31(29,30)18-10-7-16(25)8-11-18/h3-12,15H,2,13-14H2,1H3,(H,26,28). The van der Waals surface area contributed by atoms with E-state index in [1.54, 1.807) is 0 Å². The van der Waals surface area contributed by atoms with Crippen molar-refractivity contribution in [2.75, 3.05) is 5.32 Å². The Kier molecular flexibility index (Phi) is 4.61. The fraction of sp³-hybridized carbons (Fsp3) is 0.208. The van der Waals surface area contributed by atoms with Gasteiger partial charge in [-0.3, -0.25) is 4.79 Å². The molecule has 158 valence electrons. The molecular weight excluding hydrogens is 432 g/mol. The predicted molar refractivity (Wildman–Crippen MR) is 124 cm³/mol. The third-order valence-electron chi connectivity index (χ3n) is 6.10. The van der Waals surface area contributed by atoms with Crippen molar-refractivity contribution in [1.29, 1.82) is 0 Å². The fourth-order valence-electron chi connectivity index (χ4n) is 4.29. The fourth-order valence-corrected chi connectivity index (χ4v) is 6.29. The van der Waals surface area contributed by atoms with Crippen molar-refractivity contribution in [1.82, 2.24) is 4.57 Å². The molecule has 0 atom stereocenters. The summed E-state index contributed by atoms with van der Waals surface area (Å²) in [5, 5.41) is 5.44. The molecule has 0 unspecified atom stereocenters. The van der Waals surface area contributed by atoms with Gasteiger partial charge < -0.3 is 9.88 Å². The number of amides is 1. The van der Waals surface area contributed by atoms with Gasteiger partial charge in [-0.2, -0.15) is 0 Å². The van der Waals surface area contributed by atoms with E-state index >= 15 is 0 Å². The second-order valence-electron chi connectivity index (χ2n) is 7.90. The van der Waals surface area contributed by atoms with Crippen molar-refractivity contribution in [2.24, 2.45) is 0 Å². The molecule has 4 aromatic rings. The lowest BCUT2D eigenvalue weighted by molar-refractivity contribution is -0.116. The number of carbonyl (C=O) groups excluding carboxylic acids is 1. The van der Waals surface area contributed by atoms with Crippen molar-refractivity contribution < 1.29 is 13.2 Å². The highest BCUT2D eigenvalue weighted by Crippen LogP contribution is 2.48. The molecule has 1 N–H and O–H groups in total. The van der Waals surface area contributed by atoms with Gasteiger partial charge in [0, 0.05) is 39.1 Å². The van der Waals surface area contributed by atoms with E-state index in [0.29, 0.717) is 23.6 Å². The van der Waals surface area contributed by atoms with Gasteiger partial charge in [-0.1, -0.05) is 29.8 Å². The van der Waals surface area contributed by atoms with Crippen LogP contribution >= 0.6 is 11.6 Å². The van der Waals surface area contributed by atoms with E-state index in [0.717, 1.165) is 28.4 Å². The molecule has 3 aromatic carbocycles. The number of rotatable bonds is 5. The Balaban J connectivity index is 1.50. The number of para-hydroxylation sites is 1. The summed E-state index contributed by atoms with van der Waals surface area (Å²) < 4.78 is 27.2. The van der Waals surface area contributed by atoms with Crippen LogP contribution in [0.1, 0.15) is 19.8 Å². The minimum atomic E-state index is -3.82. The molecule has 1 aliphatic carbocycles. The number of sulfone groups is 1. The monoisotopic (exact) mass is 452 g/mol. The predicted octanol–water partition coefficient (Wildman–Crippen LogP) is 5.41. The van der Waals surface area contributed by atoms with Crippen molar-refractivity contribution in [3.63, 3.8) is 0 Å². The third-order valence-corrected chi connectivity index (χ3v) is 8.87. The lowest BCUT2D eigenvalue weighted by atomic mass is 10.1. The Hall–Kier alpha value is -2.83. The molecule has 0 bridgehead atoms. The van der Waals surface area contributed by atoms with Crippen LogP contribution in [0.4, 0.5) is 5.69 Å². The smallest absolute Gasteiger partial charge is 0.246 e. The Bertz CT molecular complexity index is 1440. The van der Waals surface area contributed by atoms with Crippen molar-refractivity contribution in [3.05, 3.63) is 71.8 Å². The highest BCUT2D eigenvalue weighted by atomic mass is 35.5. The molecule has 0 saturated heterocycles. The van der Waals surface area contributed by atoms with E-state index in [9.17, 15) is 13.2 Å². The van der Waals surface area contributed by atoms with Gasteiger partial charge in [0.05, 0.1) is 4.90 Å². The Morgan fingerprint density at radius 2 is 1.68 bits per heavy atom. The van der Waals surface area contributed by atoms with Gasteiger partial charge in [-0.25, -0.2) is 8.42 Å². The first-order valence-electron chi connectivity index (χ1n) is 10.2. The zero-order valence-electron chi connectivity index (χ0n) is 16.9. The number of carbonyl (C=O) groups is 1. The number of anilines is 1. The maximum atomic E-state index is 13.2. The maximum absolute atomic E-state index is 13.2. The van der Waals surface area contributed by atoms with Crippen LogP contribution in [0.15, 0.2) is 71.6 Å². The summed E-state index contributed by atoms with van der Waals surface area (Å²) in [6.07, 6.45) is 0.613. The van der Waals surface area contributed by atoms with Crippen molar-refractivity contribution >= 4 is 54.8 Å². The van der Waals surface area contributed by atoms with Crippen LogP contribution < -0.4 is 5.32 Å². The first-order chi connectivity index (χ1) is 14.9. The van der Waals surface area contributed by atoms with Crippen LogP contribution in [0, 0.1) is 0 Å². The molecule has 7 heteroatoms. The molecule has 1 heterocycles. The Labute approximate surface area is 185 Å². The number of hydrogen-bond acceptors (Lipinski definition) is 3. The van der Waals surface area contributed by atoms with Gasteiger partial charge in [0.1, 0.15) is 0 Å². The van der Waals surface area contributed by atoms with Crippen LogP contribution in [0.2, 0.25) is 5.02 Å². The SMILES string of the molecule is CCn1c2ccccc2c2cc(NC(=O)C3(S(=O)(=O)c4ccc(Cl)cc4)CC3)ccc21. The minimum Gasteiger partial charge on any atom is -0.341 e. The topological polar surface area (TPSA) is 68.2 Å². The van der Waals surface area contributed by atoms with Gasteiger partial charge in [-0.05, 0) is 68.3 Å². The minimum absolute atomic E-state index is 0.117. The quantitative estimate of drug-likeness (QED) is 0.440. The summed E-state index contributed by atoms with van der Waals surface area (Å²) in [6, 6.07) is 19.8. The van der Waals surface area contributed by atoms with Crippen molar-refractivity contribution in [3.8, 4) is 0 Å². The van der Waals surface area contributed by atoms with Crippen LogP contribution in [-0.2, 0) is 21.2 Å². The summed E-state index contributed by atoms with van der Waals surface area (Å²) in [6.45, 7) is 2.93. The lowest BCUT2D eigenvalue weighted by Gasteiger charge is -2.16. The first-order valence-corrected chi connectivity index (χ1v) is 12.1. The first kappa shape index (κ1) is 20.1. The normalized spacial score (nSPS) is 15.3. The van der Waals surface area contributed by atoms with E-state index in [1.807, 2.05) is 30.3 Å². The zero-order valence-corrected chi connectivity index (χ0v) is 18.5. The average molecular weight is 453 g/mol. The highest BCUT2D eigenvalue weighted by molar-refractivity contribution is 7.94. The van der Waals surface area contributed by atoms with E-state index in [4.69, 9.17) is 11.6 Å². The van der Waals surface area contributed by atoms with Gasteiger partial charge in [-0.15, -0.1) is 0 Å². The van der Waals surface area contributed by atoms with Gasteiger partial charge in [0.25, 0.3) is 0 Å². The number of hydrogen-bond donors (Lipinski definition) is 1.